The van der Waals surface area contributed by atoms with Crippen molar-refractivity contribution in [1.29, 1.82) is 0 Å². The number of rotatable bonds is 0. The van der Waals surface area contributed by atoms with E-state index < -0.39 is 0 Å². The second-order valence-corrected chi connectivity index (χ2v) is 1.96. The topological polar surface area (TPSA) is 17.1 Å². The van der Waals surface area contributed by atoms with Crippen molar-refractivity contribution in [2.45, 2.75) is 12.8 Å². The number of allylic oxidation sites excluding steroid dienone is 3. The van der Waals surface area contributed by atoms with Gasteiger partial charge in [0.15, 0.2) is 5.78 Å². The van der Waals surface area contributed by atoms with Crippen molar-refractivity contribution in [2.24, 2.45) is 0 Å². The SMILES string of the molecule is C=C=C1CCC=CC1=O. The van der Waals surface area contributed by atoms with Gasteiger partial charge in [0, 0.05) is 5.57 Å². The van der Waals surface area contributed by atoms with Gasteiger partial charge in [0.2, 0.25) is 0 Å². The summed E-state index contributed by atoms with van der Waals surface area (Å²) in [6.45, 7) is 3.42. The molecule has 46 valence electrons. The van der Waals surface area contributed by atoms with Crippen LogP contribution in [-0.2, 0) is 4.79 Å². The first-order chi connectivity index (χ1) is 4.34. The summed E-state index contributed by atoms with van der Waals surface area (Å²) in [6.07, 6.45) is 5.21. The van der Waals surface area contributed by atoms with Crippen LogP contribution in [0.15, 0.2) is 30.0 Å². The van der Waals surface area contributed by atoms with Crippen LogP contribution < -0.4 is 0 Å². The van der Waals surface area contributed by atoms with Crippen molar-refractivity contribution in [3.8, 4) is 0 Å². The molecule has 1 nitrogen and oxygen atoms in total. The maximum Gasteiger partial charge on any atom is 0.189 e. The Morgan fingerprint density at radius 3 is 2.89 bits per heavy atom. The molecule has 0 aromatic carbocycles. The van der Waals surface area contributed by atoms with Crippen LogP contribution in [0.4, 0.5) is 0 Å². The van der Waals surface area contributed by atoms with E-state index >= 15 is 0 Å². The monoisotopic (exact) mass is 120 g/mol. The van der Waals surface area contributed by atoms with E-state index in [9.17, 15) is 4.79 Å². The van der Waals surface area contributed by atoms with E-state index in [1.807, 2.05) is 6.08 Å². The highest BCUT2D eigenvalue weighted by Crippen LogP contribution is 2.11. The Bertz CT molecular complexity index is 205. The normalized spacial score (nSPS) is 17.8. The molecular formula is C8H8O. The first kappa shape index (κ1) is 6.06. The fraction of sp³-hybridized carbons (Fsp3) is 0.250. The third-order valence-electron chi connectivity index (χ3n) is 1.34. The third-order valence-corrected chi connectivity index (χ3v) is 1.34. The van der Waals surface area contributed by atoms with Gasteiger partial charge >= 0.3 is 0 Å². The zero-order chi connectivity index (χ0) is 6.69. The summed E-state index contributed by atoms with van der Waals surface area (Å²) >= 11 is 0. The highest BCUT2D eigenvalue weighted by atomic mass is 16.1. The van der Waals surface area contributed by atoms with Crippen LogP contribution in [0, 0.1) is 0 Å². The van der Waals surface area contributed by atoms with Crippen LogP contribution in [0.5, 0.6) is 0 Å². The van der Waals surface area contributed by atoms with Crippen molar-refractivity contribution >= 4 is 5.78 Å². The Kier molecular flexibility index (Phi) is 1.66. The van der Waals surface area contributed by atoms with Crippen LogP contribution in [-0.4, -0.2) is 5.78 Å². The minimum Gasteiger partial charge on any atom is -0.289 e. The largest absolute Gasteiger partial charge is 0.289 e. The summed E-state index contributed by atoms with van der Waals surface area (Å²) in [6, 6.07) is 0. The van der Waals surface area contributed by atoms with Crippen LogP contribution in [0.1, 0.15) is 12.8 Å². The summed E-state index contributed by atoms with van der Waals surface area (Å²) in [5.74, 6) is 0.0660. The molecule has 0 radical (unpaired) electrons. The number of hydrogen-bond acceptors (Lipinski definition) is 1. The lowest BCUT2D eigenvalue weighted by Crippen LogP contribution is -2.00. The van der Waals surface area contributed by atoms with E-state index in [2.05, 4.69) is 12.3 Å². The van der Waals surface area contributed by atoms with Crippen molar-refractivity contribution in [1.82, 2.24) is 0 Å². The van der Waals surface area contributed by atoms with Gasteiger partial charge in [-0.25, -0.2) is 0 Å². The molecule has 0 aromatic rings. The smallest absolute Gasteiger partial charge is 0.189 e. The number of ketones is 1. The molecule has 0 saturated heterocycles. The van der Waals surface area contributed by atoms with E-state index in [0.717, 1.165) is 18.4 Å². The molecule has 0 amide bonds. The highest BCUT2D eigenvalue weighted by Gasteiger charge is 2.07. The molecule has 1 rings (SSSR count). The molecule has 0 atom stereocenters. The Morgan fingerprint density at radius 2 is 2.44 bits per heavy atom. The molecule has 0 heterocycles. The van der Waals surface area contributed by atoms with Crippen molar-refractivity contribution in [3.05, 3.63) is 30.0 Å². The lowest BCUT2D eigenvalue weighted by atomic mass is 10.0. The second-order valence-electron chi connectivity index (χ2n) is 1.96. The van der Waals surface area contributed by atoms with Crippen molar-refractivity contribution in [3.63, 3.8) is 0 Å². The van der Waals surface area contributed by atoms with Gasteiger partial charge < -0.3 is 0 Å². The van der Waals surface area contributed by atoms with Crippen LogP contribution in [0.2, 0.25) is 0 Å². The molecule has 0 N–H and O–H groups in total. The highest BCUT2D eigenvalue weighted by molar-refractivity contribution is 6.04. The number of carbonyl (C=O) groups is 1. The van der Waals surface area contributed by atoms with Crippen LogP contribution >= 0.6 is 0 Å². The molecule has 1 aliphatic rings. The molecular weight excluding hydrogens is 112 g/mol. The van der Waals surface area contributed by atoms with Crippen LogP contribution in [0.25, 0.3) is 0 Å². The lowest BCUT2D eigenvalue weighted by molar-refractivity contribution is -0.111. The van der Waals surface area contributed by atoms with Gasteiger partial charge in [-0.1, -0.05) is 12.7 Å². The van der Waals surface area contributed by atoms with Gasteiger partial charge in [-0.2, -0.15) is 0 Å². The first-order valence-electron chi connectivity index (χ1n) is 2.94. The zero-order valence-corrected chi connectivity index (χ0v) is 5.18. The van der Waals surface area contributed by atoms with Gasteiger partial charge in [0.25, 0.3) is 0 Å². The minimum atomic E-state index is 0.0660. The third kappa shape index (κ3) is 1.18. The lowest BCUT2D eigenvalue weighted by Gasteiger charge is -2.01. The Balaban J connectivity index is 2.91. The molecule has 0 unspecified atom stereocenters. The van der Waals surface area contributed by atoms with Gasteiger partial charge in [0.05, 0.1) is 0 Å². The summed E-state index contributed by atoms with van der Waals surface area (Å²) in [4.78, 5) is 10.8. The predicted molar refractivity (Wildman–Crippen MR) is 36.0 cm³/mol. The molecule has 1 heteroatoms. The Labute approximate surface area is 54.4 Å². The molecule has 0 aromatic heterocycles. The van der Waals surface area contributed by atoms with E-state index in [1.165, 1.54) is 0 Å². The fourth-order valence-corrected chi connectivity index (χ4v) is 0.817. The van der Waals surface area contributed by atoms with E-state index in [-0.39, 0.29) is 5.78 Å². The summed E-state index contributed by atoms with van der Waals surface area (Å²) in [5.41, 5.74) is 3.34. The van der Waals surface area contributed by atoms with Crippen molar-refractivity contribution in [2.75, 3.05) is 0 Å². The zero-order valence-electron chi connectivity index (χ0n) is 5.18. The summed E-state index contributed by atoms with van der Waals surface area (Å²) in [5, 5.41) is 0. The average Bonchev–Trinajstić information content (AvgIpc) is 1.89. The molecule has 1 aliphatic carbocycles. The van der Waals surface area contributed by atoms with Crippen LogP contribution in [0.3, 0.4) is 0 Å². The van der Waals surface area contributed by atoms with E-state index in [1.54, 1.807) is 6.08 Å². The van der Waals surface area contributed by atoms with E-state index in [4.69, 9.17) is 0 Å². The second kappa shape index (κ2) is 2.47. The Morgan fingerprint density at radius 1 is 1.67 bits per heavy atom. The molecule has 0 aliphatic heterocycles. The van der Waals surface area contributed by atoms with Crippen molar-refractivity contribution < 1.29 is 4.79 Å². The molecule has 0 spiro atoms. The van der Waals surface area contributed by atoms with Gasteiger partial charge in [-0.15, -0.1) is 5.73 Å². The van der Waals surface area contributed by atoms with Gasteiger partial charge in [-0.05, 0) is 18.9 Å². The van der Waals surface area contributed by atoms with E-state index in [0.29, 0.717) is 0 Å². The first-order valence-corrected chi connectivity index (χ1v) is 2.94. The predicted octanol–water partition coefficient (Wildman–Crippen LogP) is 1.62. The molecule has 0 bridgehead atoms. The average molecular weight is 120 g/mol. The molecule has 0 saturated carbocycles. The quantitative estimate of drug-likeness (QED) is 0.350. The Hall–Kier alpha value is -1.07. The fourth-order valence-electron chi connectivity index (χ4n) is 0.817. The number of carbonyl (C=O) groups excluding carboxylic acids is 1. The molecule has 9 heavy (non-hydrogen) atoms. The van der Waals surface area contributed by atoms with Gasteiger partial charge in [0.1, 0.15) is 0 Å². The summed E-state index contributed by atoms with van der Waals surface area (Å²) < 4.78 is 0. The maximum absolute atomic E-state index is 10.8. The van der Waals surface area contributed by atoms with Gasteiger partial charge in [-0.3, -0.25) is 4.79 Å². The minimum absolute atomic E-state index is 0.0660. The number of hydrogen-bond donors (Lipinski definition) is 0. The summed E-state index contributed by atoms with van der Waals surface area (Å²) in [7, 11) is 0. The molecule has 0 fully saturated rings. The standard InChI is InChI=1S/C8H8O/c1-2-7-5-3-4-6-8(7)9/h4,6H,1,3,5H2. The maximum atomic E-state index is 10.8.